The van der Waals surface area contributed by atoms with Gasteiger partial charge in [-0.3, -0.25) is 4.98 Å². The predicted molar refractivity (Wildman–Crippen MR) is 87.6 cm³/mol. The second kappa shape index (κ2) is 4.91. The van der Waals surface area contributed by atoms with E-state index < -0.39 is 0 Å². The van der Waals surface area contributed by atoms with E-state index in [0.717, 1.165) is 22.2 Å². The second-order valence-corrected chi connectivity index (χ2v) is 5.38. The van der Waals surface area contributed by atoms with E-state index in [-0.39, 0.29) is 0 Å². The molecular formula is C16H15N7. The van der Waals surface area contributed by atoms with Crippen LogP contribution in [0, 0.1) is 6.92 Å². The van der Waals surface area contributed by atoms with Gasteiger partial charge in [0.15, 0.2) is 11.6 Å². The van der Waals surface area contributed by atoms with Gasteiger partial charge >= 0.3 is 0 Å². The highest BCUT2D eigenvalue weighted by Crippen LogP contribution is 2.30. The zero-order valence-electron chi connectivity index (χ0n) is 12.8. The van der Waals surface area contributed by atoms with Crippen molar-refractivity contribution in [3.63, 3.8) is 0 Å². The van der Waals surface area contributed by atoms with Crippen LogP contribution in [-0.2, 0) is 7.05 Å². The standard InChI is InChI=1S/C16H15N7/c1-10-12(11-3-5-18-6-4-11)9-23-13(10)14(17)20-15(21-23)16-19-7-8-22(16)2/h3-9H,1-2H3,(H2,17,20,21). The topological polar surface area (TPSA) is 86.9 Å². The first-order chi connectivity index (χ1) is 11.1. The molecule has 23 heavy (non-hydrogen) atoms. The Morgan fingerprint density at radius 1 is 1.13 bits per heavy atom. The lowest BCUT2D eigenvalue weighted by Crippen LogP contribution is -2.05. The molecule has 0 aromatic carbocycles. The Balaban J connectivity index is 1.96. The third-order valence-electron chi connectivity index (χ3n) is 3.92. The van der Waals surface area contributed by atoms with Crippen LogP contribution in [0.15, 0.2) is 43.1 Å². The van der Waals surface area contributed by atoms with Crippen LogP contribution >= 0.6 is 0 Å². The maximum atomic E-state index is 6.18. The SMILES string of the molecule is Cc1c(-c2ccncc2)cn2nc(-c3nccn3C)nc(N)c12. The minimum Gasteiger partial charge on any atom is -0.382 e. The van der Waals surface area contributed by atoms with Gasteiger partial charge in [0.25, 0.3) is 0 Å². The summed E-state index contributed by atoms with van der Waals surface area (Å²) in [4.78, 5) is 12.8. The summed E-state index contributed by atoms with van der Waals surface area (Å²) < 4.78 is 3.64. The van der Waals surface area contributed by atoms with Gasteiger partial charge in [-0.15, -0.1) is 5.10 Å². The highest BCUT2D eigenvalue weighted by atomic mass is 15.3. The zero-order chi connectivity index (χ0) is 16.0. The van der Waals surface area contributed by atoms with Gasteiger partial charge in [-0.1, -0.05) is 0 Å². The Kier molecular flexibility index (Phi) is 2.87. The summed E-state index contributed by atoms with van der Waals surface area (Å²) in [6.07, 6.45) is 9.06. The lowest BCUT2D eigenvalue weighted by molar-refractivity contribution is 0.862. The third kappa shape index (κ3) is 2.05. The number of nitrogens with two attached hydrogens (primary N) is 1. The maximum absolute atomic E-state index is 6.18. The van der Waals surface area contributed by atoms with Crippen LogP contribution in [0.4, 0.5) is 5.82 Å². The largest absolute Gasteiger partial charge is 0.382 e. The molecule has 0 saturated heterocycles. The second-order valence-electron chi connectivity index (χ2n) is 5.38. The molecule has 0 bridgehead atoms. The van der Waals surface area contributed by atoms with Crippen molar-refractivity contribution in [2.75, 3.05) is 5.73 Å². The fraction of sp³-hybridized carbons (Fsp3) is 0.125. The van der Waals surface area contributed by atoms with Crippen molar-refractivity contribution in [1.29, 1.82) is 0 Å². The summed E-state index contributed by atoms with van der Waals surface area (Å²) in [5, 5.41) is 4.57. The molecule has 0 aliphatic carbocycles. The molecule has 0 amide bonds. The molecule has 4 rings (SSSR count). The third-order valence-corrected chi connectivity index (χ3v) is 3.92. The average molecular weight is 305 g/mol. The van der Waals surface area contributed by atoms with E-state index in [9.17, 15) is 0 Å². The molecule has 0 fully saturated rings. The monoisotopic (exact) mass is 305 g/mol. The highest BCUT2D eigenvalue weighted by Gasteiger charge is 2.16. The lowest BCUT2D eigenvalue weighted by atomic mass is 10.1. The molecule has 0 atom stereocenters. The molecular weight excluding hydrogens is 290 g/mol. The van der Waals surface area contributed by atoms with Gasteiger partial charge in [-0.05, 0) is 30.2 Å². The number of rotatable bonds is 2. The van der Waals surface area contributed by atoms with Crippen molar-refractivity contribution in [1.82, 2.24) is 29.1 Å². The van der Waals surface area contributed by atoms with E-state index in [4.69, 9.17) is 5.73 Å². The molecule has 4 aromatic rings. The van der Waals surface area contributed by atoms with Gasteiger partial charge in [0.2, 0.25) is 5.82 Å². The Morgan fingerprint density at radius 3 is 2.61 bits per heavy atom. The number of fused-ring (bicyclic) bond motifs is 1. The predicted octanol–water partition coefficient (Wildman–Crippen LogP) is 2.08. The maximum Gasteiger partial charge on any atom is 0.218 e. The number of nitrogens with zero attached hydrogens (tertiary/aromatic N) is 6. The molecule has 0 radical (unpaired) electrons. The summed E-state index contributed by atoms with van der Waals surface area (Å²) in [5.74, 6) is 1.62. The van der Waals surface area contributed by atoms with E-state index in [0.29, 0.717) is 17.5 Å². The number of aryl methyl sites for hydroxylation is 2. The number of imidazole rings is 1. The normalized spacial score (nSPS) is 11.2. The summed E-state index contributed by atoms with van der Waals surface area (Å²) in [6.45, 7) is 2.02. The summed E-state index contributed by atoms with van der Waals surface area (Å²) in [5.41, 5.74) is 10.2. The first-order valence-corrected chi connectivity index (χ1v) is 7.18. The van der Waals surface area contributed by atoms with E-state index >= 15 is 0 Å². The molecule has 4 aromatic heterocycles. The molecule has 0 unspecified atom stereocenters. The molecule has 4 heterocycles. The van der Waals surface area contributed by atoms with Crippen LogP contribution in [0.2, 0.25) is 0 Å². The van der Waals surface area contributed by atoms with Crippen LogP contribution in [0.1, 0.15) is 5.56 Å². The van der Waals surface area contributed by atoms with Gasteiger partial charge in [0.1, 0.15) is 5.52 Å². The molecule has 0 aliphatic heterocycles. The minimum absolute atomic E-state index is 0.441. The summed E-state index contributed by atoms with van der Waals surface area (Å²) in [6, 6.07) is 3.93. The summed E-state index contributed by atoms with van der Waals surface area (Å²) >= 11 is 0. The first kappa shape index (κ1) is 13.4. The number of anilines is 1. The molecule has 114 valence electrons. The zero-order valence-corrected chi connectivity index (χ0v) is 12.8. The van der Waals surface area contributed by atoms with E-state index in [2.05, 4.69) is 20.1 Å². The number of pyridine rings is 1. The van der Waals surface area contributed by atoms with Crippen LogP contribution < -0.4 is 5.73 Å². The number of hydrogen-bond acceptors (Lipinski definition) is 5. The average Bonchev–Trinajstić information content (AvgIpc) is 3.12. The Labute approximate surface area is 132 Å². The van der Waals surface area contributed by atoms with Crippen molar-refractivity contribution in [3.8, 4) is 22.8 Å². The summed E-state index contributed by atoms with van der Waals surface area (Å²) in [7, 11) is 1.90. The molecule has 2 N–H and O–H groups in total. The fourth-order valence-corrected chi connectivity index (χ4v) is 2.76. The molecule has 0 spiro atoms. The van der Waals surface area contributed by atoms with Crippen molar-refractivity contribution in [2.24, 2.45) is 7.05 Å². The molecule has 0 aliphatic rings. The van der Waals surface area contributed by atoms with Crippen LogP contribution in [0.25, 0.3) is 28.3 Å². The molecule has 0 saturated carbocycles. The first-order valence-electron chi connectivity index (χ1n) is 7.18. The van der Waals surface area contributed by atoms with Gasteiger partial charge in [-0.25, -0.2) is 14.5 Å². The minimum atomic E-state index is 0.441. The Morgan fingerprint density at radius 2 is 1.91 bits per heavy atom. The van der Waals surface area contributed by atoms with Crippen molar-refractivity contribution >= 4 is 11.3 Å². The van der Waals surface area contributed by atoms with Gasteiger partial charge in [0, 0.05) is 43.6 Å². The number of aromatic nitrogens is 6. The fourth-order valence-electron chi connectivity index (χ4n) is 2.76. The van der Waals surface area contributed by atoms with Crippen molar-refractivity contribution in [2.45, 2.75) is 6.92 Å². The van der Waals surface area contributed by atoms with E-state index in [1.807, 2.05) is 43.1 Å². The molecule has 7 heteroatoms. The lowest BCUT2D eigenvalue weighted by Gasteiger charge is -2.04. The quantitative estimate of drug-likeness (QED) is 0.612. The van der Waals surface area contributed by atoms with E-state index in [1.54, 1.807) is 23.1 Å². The van der Waals surface area contributed by atoms with Gasteiger partial charge in [0.05, 0.1) is 0 Å². The van der Waals surface area contributed by atoms with Gasteiger partial charge < -0.3 is 10.3 Å². The van der Waals surface area contributed by atoms with Crippen LogP contribution in [0.3, 0.4) is 0 Å². The highest BCUT2D eigenvalue weighted by molar-refractivity contribution is 5.82. The smallest absolute Gasteiger partial charge is 0.218 e. The van der Waals surface area contributed by atoms with Crippen molar-refractivity contribution in [3.05, 3.63) is 48.7 Å². The molecule has 7 nitrogen and oxygen atoms in total. The van der Waals surface area contributed by atoms with E-state index in [1.165, 1.54) is 0 Å². The van der Waals surface area contributed by atoms with Gasteiger partial charge in [-0.2, -0.15) is 0 Å². The number of nitrogen functional groups attached to an aromatic ring is 1. The van der Waals surface area contributed by atoms with Crippen LogP contribution in [0.5, 0.6) is 0 Å². The van der Waals surface area contributed by atoms with Crippen LogP contribution in [-0.4, -0.2) is 29.1 Å². The van der Waals surface area contributed by atoms with Crippen molar-refractivity contribution < 1.29 is 0 Å². The Hall–Kier alpha value is -3.22. The number of hydrogen-bond donors (Lipinski definition) is 1. The Bertz CT molecular complexity index is 998.